The number of anilines is 1. The predicted molar refractivity (Wildman–Crippen MR) is 155 cm³/mol. The third-order valence-electron chi connectivity index (χ3n) is 8.72. The monoisotopic (exact) mass is 540 g/mol. The maximum Gasteiger partial charge on any atom is 0.229 e. The summed E-state index contributed by atoms with van der Waals surface area (Å²) in [6, 6.07) is 5.79. The molecule has 216 valence electrons. The molecule has 0 saturated carbocycles. The van der Waals surface area contributed by atoms with Crippen LogP contribution in [0, 0.1) is 23.2 Å². The number of carbonyl (C=O) groups is 4. The van der Waals surface area contributed by atoms with Crippen LogP contribution in [-0.2, 0) is 9.59 Å². The fourth-order valence-corrected chi connectivity index (χ4v) is 5.64. The van der Waals surface area contributed by atoms with Crippen LogP contribution in [0.2, 0.25) is 0 Å². The van der Waals surface area contributed by atoms with Gasteiger partial charge in [0.1, 0.15) is 0 Å². The van der Waals surface area contributed by atoms with Gasteiger partial charge >= 0.3 is 0 Å². The van der Waals surface area contributed by atoms with E-state index in [-0.39, 0.29) is 29.4 Å². The highest BCUT2D eigenvalue weighted by molar-refractivity contribution is 6.04. The van der Waals surface area contributed by atoms with Crippen LogP contribution in [0.15, 0.2) is 18.2 Å². The number of hydrogen-bond acceptors (Lipinski definition) is 7. The van der Waals surface area contributed by atoms with Gasteiger partial charge < -0.3 is 15.1 Å². The summed E-state index contributed by atoms with van der Waals surface area (Å²) in [5.74, 6) is 0.625. The molecule has 0 bridgehead atoms. The molecule has 2 N–H and O–H groups in total. The molecule has 8 nitrogen and oxygen atoms in total. The van der Waals surface area contributed by atoms with E-state index < -0.39 is 0 Å². The van der Waals surface area contributed by atoms with Gasteiger partial charge in [-0.15, -0.1) is 0 Å². The Morgan fingerprint density at radius 2 is 1.82 bits per heavy atom. The van der Waals surface area contributed by atoms with E-state index in [0.717, 1.165) is 37.4 Å². The SMILES string of the molecule is CC.CC1CCC(=O)NC1=O.CCC(C)C(=O)c1ccc(N2CC3(CCN(CC4CNC4)CC3)C2)cc1C=O. The van der Waals surface area contributed by atoms with Gasteiger partial charge in [-0.2, -0.15) is 0 Å². The molecule has 0 radical (unpaired) electrons. The first-order chi connectivity index (χ1) is 18.7. The van der Waals surface area contributed by atoms with E-state index in [1.165, 1.54) is 45.6 Å². The van der Waals surface area contributed by atoms with Crippen LogP contribution in [0.1, 0.15) is 87.4 Å². The van der Waals surface area contributed by atoms with Crippen molar-refractivity contribution in [3.8, 4) is 0 Å². The van der Waals surface area contributed by atoms with Gasteiger partial charge in [-0.3, -0.25) is 24.5 Å². The summed E-state index contributed by atoms with van der Waals surface area (Å²) < 4.78 is 0. The number of hydrogen-bond donors (Lipinski definition) is 2. The molecule has 1 aromatic carbocycles. The number of nitrogens with zero attached hydrogens (tertiary/aromatic N) is 2. The lowest BCUT2D eigenvalue weighted by molar-refractivity contribution is -0.135. The lowest BCUT2D eigenvalue weighted by atomic mass is 9.71. The first-order valence-electron chi connectivity index (χ1n) is 14.9. The van der Waals surface area contributed by atoms with E-state index in [9.17, 15) is 19.2 Å². The summed E-state index contributed by atoms with van der Waals surface area (Å²) in [6.07, 6.45) is 5.37. The standard InChI is InChI=1S/C23H33N3O2.C6H9NO2.C2H6/c1-3-17(2)22(28)21-5-4-20(10-19(21)14-27)26-15-23(16-26)6-8-25(9-7-23)13-18-11-24-12-18;1-4-2-3-5(8)7-6(4)9;1-2/h4-5,10,14,17-18,24H,3,6-9,11-13,15-16H2,1-2H3;4H,2-3H2,1H3,(H,7,8,9);1-2H3. The summed E-state index contributed by atoms with van der Waals surface area (Å²) in [4.78, 5) is 50.3. The van der Waals surface area contributed by atoms with Gasteiger partial charge in [0.2, 0.25) is 11.8 Å². The number of benzene rings is 1. The van der Waals surface area contributed by atoms with Crippen molar-refractivity contribution in [1.29, 1.82) is 0 Å². The van der Waals surface area contributed by atoms with Crippen LogP contribution >= 0.6 is 0 Å². The lowest BCUT2D eigenvalue weighted by Crippen LogP contribution is -2.61. The molecule has 0 aromatic heterocycles. The zero-order valence-electron chi connectivity index (χ0n) is 24.6. The zero-order valence-corrected chi connectivity index (χ0v) is 24.6. The van der Waals surface area contributed by atoms with Crippen LogP contribution in [0.3, 0.4) is 0 Å². The van der Waals surface area contributed by atoms with Crippen LogP contribution in [-0.4, -0.2) is 74.6 Å². The summed E-state index contributed by atoms with van der Waals surface area (Å²) in [5, 5.41) is 5.61. The number of carbonyl (C=O) groups excluding carboxylic acids is 4. The summed E-state index contributed by atoms with van der Waals surface area (Å²) in [7, 11) is 0. The Labute approximate surface area is 234 Å². The van der Waals surface area contributed by atoms with Gasteiger partial charge in [-0.05, 0) is 62.9 Å². The van der Waals surface area contributed by atoms with Crippen LogP contribution in [0.25, 0.3) is 0 Å². The number of ketones is 1. The first-order valence-corrected chi connectivity index (χ1v) is 14.9. The average molecular weight is 541 g/mol. The highest BCUT2D eigenvalue weighted by atomic mass is 16.2. The highest BCUT2D eigenvalue weighted by Gasteiger charge is 2.45. The molecule has 0 aliphatic carbocycles. The van der Waals surface area contributed by atoms with Gasteiger partial charge in [-0.1, -0.05) is 34.6 Å². The second-order valence-electron chi connectivity index (χ2n) is 11.6. The van der Waals surface area contributed by atoms with Crippen molar-refractivity contribution in [3.05, 3.63) is 29.3 Å². The van der Waals surface area contributed by atoms with Crippen molar-refractivity contribution >= 4 is 29.6 Å². The van der Waals surface area contributed by atoms with Crippen LogP contribution in [0.5, 0.6) is 0 Å². The number of Topliss-reactive ketones (excluding diaryl/α,β-unsaturated/α-hetero) is 1. The lowest BCUT2D eigenvalue weighted by Gasteiger charge is -2.55. The molecular weight excluding hydrogens is 492 g/mol. The topological polar surface area (TPSA) is 98.8 Å². The van der Waals surface area contributed by atoms with Crippen LogP contribution in [0.4, 0.5) is 5.69 Å². The van der Waals surface area contributed by atoms with Crippen molar-refractivity contribution in [1.82, 2.24) is 15.5 Å². The molecule has 5 rings (SSSR count). The van der Waals surface area contributed by atoms with Gasteiger partial charge in [0.15, 0.2) is 12.1 Å². The van der Waals surface area contributed by atoms with Crippen molar-refractivity contribution in [2.75, 3.05) is 50.7 Å². The Bertz CT molecular complexity index is 1010. The Balaban J connectivity index is 0.000000322. The Morgan fingerprint density at radius 1 is 1.15 bits per heavy atom. The zero-order chi connectivity index (χ0) is 28.6. The molecule has 8 heteroatoms. The molecule has 4 fully saturated rings. The number of aldehydes is 1. The number of nitrogens with one attached hydrogen (secondary N) is 2. The quantitative estimate of drug-likeness (QED) is 0.307. The minimum atomic E-state index is -0.141. The molecular formula is C31H48N4O4. The molecule has 4 aliphatic rings. The number of imide groups is 1. The Morgan fingerprint density at radius 3 is 2.33 bits per heavy atom. The van der Waals surface area contributed by atoms with Gasteiger partial charge in [-0.25, -0.2) is 0 Å². The van der Waals surface area contributed by atoms with E-state index in [1.54, 1.807) is 0 Å². The fraction of sp³-hybridized carbons (Fsp3) is 0.677. The molecule has 4 heterocycles. The number of amides is 2. The third-order valence-corrected chi connectivity index (χ3v) is 8.72. The minimum Gasteiger partial charge on any atom is -0.370 e. The van der Waals surface area contributed by atoms with E-state index in [2.05, 4.69) is 20.4 Å². The minimum absolute atomic E-state index is 0.0164. The number of likely N-dealkylation sites (tertiary alicyclic amines) is 1. The van der Waals surface area contributed by atoms with E-state index in [4.69, 9.17) is 0 Å². The van der Waals surface area contributed by atoms with E-state index in [0.29, 0.717) is 29.4 Å². The molecule has 4 aliphatic heterocycles. The van der Waals surface area contributed by atoms with Gasteiger partial charge in [0.25, 0.3) is 0 Å². The van der Waals surface area contributed by atoms with Crippen molar-refractivity contribution < 1.29 is 19.2 Å². The average Bonchev–Trinajstić information content (AvgIpc) is 2.92. The second kappa shape index (κ2) is 14.2. The normalized spacial score (nSPS) is 23.2. The van der Waals surface area contributed by atoms with Crippen molar-refractivity contribution in [2.24, 2.45) is 23.2 Å². The Kier molecular flexibility index (Phi) is 11.2. The molecule has 4 saturated heterocycles. The van der Waals surface area contributed by atoms with E-state index >= 15 is 0 Å². The molecule has 2 unspecified atom stereocenters. The predicted octanol–water partition coefficient (Wildman–Crippen LogP) is 3.93. The van der Waals surface area contributed by atoms with Gasteiger partial charge in [0.05, 0.1) is 0 Å². The molecule has 1 spiro atoms. The molecule has 2 amide bonds. The fourth-order valence-electron chi connectivity index (χ4n) is 5.64. The van der Waals surface area contributed by atoms with Gasteiger partial charge in [0, 0.05) is 73.2 Å². The van der Waals surface area contributed by atoms with Crippen molar-refractivity contribution in [2.45, 2.75) is 66.7 Å². The van der Waals surface area contributed by atoms with Crippen LogP contribution < -0.4 is 15.5 Å². The Hall–Kier alpha value is -2.58. The summed E-state index contributed by atoms with van der Waals surface area (Å²) >= 11 is 0. The second-order valence-corrected chi connectivity index (χ2v) is 11.6. The first kappa shape index (κ1) is 31.0. The maximum absolute atomic E-state index is 12.5. The van der Waals surface area contributed by atoms with E-state index in [1.807, 2.05) is 52.8 Å². The maximum atomic E-state index is 12.5. The highest BCUT2D eigenvalue weighted by Crippen LogP contribution is 2.43. The number of rotatable bonds is 7. The number of piperidine rings is 2. The molecule has 2 atom stereocenters. The van der Waals surface area contributed by atoms with Crippen molar-refractivity contribution in [3.63, 3.8) is 0 Å². The molecule has 39 heavy (non-hydrogen) atoms. The smallest absolute Gasteiger partial charge is 0.229 e. The third kappa shape index (κ3) is 7.76. The largest absolute Gasteiger partial charge is 0.370 e. The summed E-state index contributed by atoms with van der Waals surface area (Å²) in [5.41, 5.74) is 2.63. The summed E-state index contributed by atoms with van der Waals surface area (Å²) in [6.45, 7) is 17.9. The molecule has 1 aromatic rings.